The molecule has 1 aromatic carbocycles. The minimum absolute atomic E-state index is 0.255. The number of aliphatic imine (C=N–C) groups is 1. The van der Waals surface area contributed by atoms with Crippen LogP contribution in [0, 0.1) is 0 Å². The van der Waals surface area contributed by atoms with Crippen molar-refractivity contribution in [3.05, 3.63) is 46.5 Å². The third-order valence-electron chi connectivity index (χ3n) is 4.46. The van der Waals surface area contributed by atoms with Gasteiger partial charge in [0, 0.05) is 38.2 Å². The van der Waals surface area contributed by atoms with Gasteiger partial charge < -0.3 is 20.1 Å². The van der Waals surface area contributed by atoms with Crippen LogP contribution in [0.25, 0.3) is 0 Å². The molecule has 1 aliphatic heterocycles. The molecular formula is C19H27ClN6O2. The van der Waals surface area contributed by atoms with Gasteiger partial charge in [-0.1, -0.05) is 23.7 Å². The van der Waals surface area contributed by atoms with Crippen molar-refractivity contribution in [3.8, 4) is 0 Å². The molecule has 9 heteroatoms. The molecule has 0 amide bonds. The molecule has 0 spiro atoms. The first-order valence-electron chi connectivity index (χ1n) is 9.39. The molecule has 2 heterocycles. The van der Waals surface area contributed by atoms with Crippen molar-refractivity contribution in [2.75, 3.05) is 27.3 Å². The fraction of sp³-hybridized carbons (Fsp3) is 0.526. The number of nitrogens with one attached hydrogen (secondary N) is 2. The van der Waals surface area contributed by atoms with Crippen LogP contribution in [0.2, 0.25) is 5.02 Å². The number of halogens is 1. The molecule has 3 rings (SSSR count). The van der Waals surface area contributed by atoms with E-state index in [1.807, 2.05) is 28.9 Å². The van der Waals surface area contributed by atoms with Crippen LogP contribution in [0.4, 0.5) is 0 Å². The predicted molar refractivity (Wildman–Crippen MR) is 108 cm³/mol. The number of methoxy groups -OCH3 is 1. The van der Waals surface area contributed by atoms with Crippen molar-refractivity contribution < 1.29 is 9.47 Å². The molecule has 0 saturated carbocycles. The largest absolute Gasteiger partial charge is 0.377 e. The summed E-state index contributed by atoms with van der Waals surface area (Å²) in [6.07, 6.45) is 1.87. The number of nitrogens with zero attached hydrogens (tertiary/aromatic N) is 4. The van der Waals surface area contributed by atoms with E-state index in [1.54, 1.807) is 14.2 Å². The van der Waals surface area contributed by atoms with Crippen LogP contribution in [0.15, 0.2) is 29.3 Å². The molecule has 2 N–H and O–H groups in total. The van der Waals surface area contributed by atoms with E-state index in [0.717, 1.165) is 47.6 Å². The van der Waals surface area contributed by atoms with Crippen molar-refractivity contribution in [2.24, 2.45) is 4.99 Å². The molecule has 1 atom stereocenters. The second-order valence-electron chi connectivity index (χ2n) is 6.62. The molecule has 0 aliphatic carbocycles. The third-order valence-corrected chi connectivity index (χ3v) is 4.71. The number of hydrogen-bond acceptors (Lipinski definition) is 5. The molecule has 1 unspecified atom stereocenters. The number of rotatable bonds is 8. The van der Waals surface area contributed by atoms with Crippen molar-refractivity contribution >= 4 is 17.6 Å². The lowest BCUT2D eigenvalue weighted by Crippen LogP contribution is -2.47. The van der Waals surface area contributed by atoms with E-state index in [9.17, 15) is 0 Å². The highest BCUT2D eigenvalue weighted by atomic mass is 35.5. The molecule has 0 bridgehead atoms. The van der Waals surface area contributed by atoms with Crippen LogP contribution in [0.5, 0.6) is 0 Å². The zero-order valence-electron chi connectivity index (χ0n) is 16.3. The molecule has 152 valence electrons. The van der Waals surface area contributed by atoms with E-state index < -0.39 is 0 Å². The van der Waals surface area contributed by atoms with Crippen molar-refractivity contribution in [3.63, 3.8) is 0 Å². The van der Waals surface area contributed by atoms with Gasteiger partial charge in [0.2, 0.25) is 0 Å². The Morgan fingerprint density at radius 2 is 2.14 bits per heavy atom. The first-order chi connectivity index (χ1) is 13.7. The van der Waals surface area contributed by atoms with Gasteiger partial charge in [0.1, 0.15) is 12.4 Å². The second kappa shape index (κ2) is 10.4. The minimum Gasteiger partial charge on any atom is -0.377 e. The maximum atomic E-state index is 5.88. The van der Waals surface area contributed by atoms with Gasteiger partial charge in [0.05, 0.1) is 19.8 Å². The lowest BCUT2D eigenvalue weighted by atomic mass is 10.1. The second-order valence-corrected chi connectivity index (χ2v) is 7.05. The van der Waals surface area contributed by atoms with Crippen molar-refractivity contribution in [2.45, 2.75) is 38.6 Å². The van der Waals surface area contributed by atoms with E-state index >= 15 is 0 Å². The van der Waals surface area contributed by atoms with E-state index in [-0.39, 0.29) is 6.04 Å². The lowest BCUT2D eigenvalue weighted by molar-refractivity contribution is 0.125. The molecule has 0 radical (unpaired) electrons. The Morgan fingerprint density at radius 3 is 2.89 bits per heavy atom. The number of fused-ring (bicyclic) bond motifs is 1. The summed E-state index contributed by atoms with van der Waals surface area (Å²) in [7, 11) is 3.42. The zero-order valence-corrected chi connectivity index (χ0v) is 17.1. The van der Waals surface area contributed by atoms with Crippen LogP contribution in [-0.4, -0.2) is 54.1 Å². The van der Waals surface area contributed by atoms with E-state index in [2.05, 4.69) is 25.7 Å². The van der Waals surface area contributed by atoms with E-state index in [0.29, 0.717) is 26.4 Å². The first kappa shape index (κ1) is 20.6. The third kappa shape index (κ3) is 5.92. The van der Waals surface area contributed by atoms with Gasteiger partial charge in [-0.15, -0.1) is 0 Å². The van der Waals surface area contributed by atoms with Gasteiger partial charge in [-0.05, 0) is 24.1 Å². The Hall–Kier alpha value is -2.16. The predicted octanol–water partition coefficient (Wildman–Crippen LogP) is 1.77. The topological polar surface area (TPSA) is 85.6 Å². The van der Waals surface area contributed by atoms with Gasteiger partial charge in [0.15, 0.2) is 11.8 Å². The Labute approximate surface area is 170 Å². The number of hydrogen-bond donors (Lipinski definition) is 2. The average Bonchev–Trinajstić information content (AvgIpc) is 3.10. The van der Waals surface area contributed by atoms with E-state index in [4.69, 9.17) is 21.1 Å². The number of aryl methyl sites for hydroxylation is 1. The van der Waals surface area contributed by atoms with Gasteiger partial charge in [0.25, 0.3) is 0 Å². The van der Waals surface area contributed by atoms with Crippen LogP contribution in [0.3, 0.4) is 0 Å². The molecule has 28 heavy (non-hydrogen) atoms. The first-order valence-corrected chi connectivity index (χ1v) is 9.76. The Bertz CT molecular complexity index is 777. The monoisotopic (exact) mass is 406 g/mol. The van der Waals surface area contributed by atoms with Crippen LogP contribution >= 0.6 is 11.6 Å². The van der Waals surface area contributed by atoms with Gasteiger partial charge >= 0.3 is 0 Å². The normalized spacial score (nSPS) is 16.7. The summed E-state index contributed by atoms with van der Waals surface area (Å²) in [5.41, 5.74) is 1.10. The highest BCUT2D eigenvalue weighted by Crippen LogP contribution is 2.13. The summed E-state index contributed by atoms with van der Waals surface area (Å²) in [6, 6.07) is 7.93. The standard InChI is InChI=1S/C19H27ClN6O2/c1-21-19(22-9-10-28-12-14-3-5-15(20)6-4-14)23-16-7-8-18-24-17(13-27-2)25-26(18)11-16/h3-6,16H,7-13H2,1-2H3,(H2,21,22,23). The maximum Gasteiger partial charge on any atom is 0.191 e. The summed E-state index contributed by atoms with van der Waals surface area (Å²) < 4.78 is 12.8. The average molecular weight is 407 g/mol. The molecule has 0 fully saturated rings. The number of aromatic nitrogens is 3. The fourth-order valence-electron chi connectivity index (χ4n) is 3.07. The highest BCUT2D eigenvalue weighted by Gasteiger charge is 2.22. The van der Waals surface area contributed by atoms with Crippen molar-refractivity contribution in [1.29, 1.82) is 0 Å². The molecule has 0 saturated heterocycles. The van der Waals surface area contributed by atoms with Crippen molar-refractivity contribution in [1.82, 2.24) is 25.4 Å². The molecule has 1 aliphatic rings. The molecule has 8 nitrogen and oxygen atoms in total. The van der Waals surface area contributed by atoms with Gasteiger partial charge in [-0.2, -0.15) is 5.10 Å². The number of guanidine groups is 1. The molecule has 2 aromatic rings. The Kier molecular flexibility index (Phi) is 7.64. The number of ether oxygens (including phenoxy) is 2. The van der Waals surface area contributed by atoms with Gasteiger partial charge in [-0.3, -0.25) is 4.99 Å². The maximum absolute atomic E-state index is 5.88. The van der Waals surface area contributed by atoms with E-state index in [1.165, 1.54) is 0 Å². The van der Waals surface area contributed by atoms with Crippen LogP contribution in [0.1, 0.15) is 23.6 Å². The molecular weight excluding hydrogens is 380 g/mol. The highest BCUT2D eigenvalue weighted by molar-refractivity contribution is 6.30. The summed E-state index contributed by atoms with van der Waals surface area (Å²) >= 11 is 5.88. The summed E-state index contributed by atoms with van der Waals surface area (Å²) in [6.45, 7) is 3.03. The summed E-state index contributed by atoms with van der Waals surface area (Å²) in [5.74, 6) is 2.52. The summed E-state index contributed by atoms with van der Waals surface area (Å²) in [4.78, 5) is 8.80. The Balaban J connectivity index is 1.38. The van der Waals surface area contributed by atoms with Crippen LogP contribution < -0.4 is 10.6 Å². The fourth-order valence-corrected chi connectivity index (χ4v) is 3.19. The number of benzene rings is 1. The quantitative estimate of drug-likeness (QED) is 0.395. The lowest BCUT2D eigenvalue weighted by Gasteiger charge is -2.25. The molecule has 1 aromatic heterocycles. The SMILES string of the molecule is CN=C(NCCOCc1ccc(Cl)cc1)NC1CCc2nc(COC)nn2C1. The van der Waals surface area contributed by atoms with Crippen LogP contribution in [-0.2, 0) is 35.7 Å². The van der Waals surface area contributed by atoms with Gasteiger partial charge in [-0.25, -0.2) is 9.67 Å². The Morgan fingerprint density at radius 1 is 1.32 bits per heavy atom. The minimum atomic E-state index is 0.255. The summed E-state index contributed by atoms with van der Waals surface area (Å²) in [5, 5.41) is 12.0. The smallest absolute Gasteiger partial charge is 0.191 e. The zero-order chi connectivity index (χ0) is 19.8.